The van der Waals surface area contributed by atoms with Crippen LogP contribution in [0.3, 0.4) is 0 Å². The molecule has 0 bridgehead atoms. The molecule has 1 heterocycles. The molecule has 1 unspecified atom stereocenters. The summed E-state index contributed by atoms with van der Waals surface area (Å²) in [5.74, 6) is -2.86. The van der Waals surface area contributed by atoms with Crippen LogP contribution in [0.2, 0.25) is 0 Å². The molecule has 27 heavy (non-hydrogen) atoms. The molecule has 1 fully saturated rings. The molecule has 0 spiro atoms. The highest BCUT2D eigenvalue weighted by molar-refractivity contribution is 6.07. The van der Waals surface area contributed by atoms with Crippen molar-refractivity contribution in [3.05, 3.63) is 0 Å². The molecule has 2 atom stereocenters. The van der Waals surface area contributed by atoms with E-state index in [0.717, 1.165) is 11.3 Å². The van der Waals surface area contributed by atoms with Crippen molar-refractivity contribution >= 4 is 23.8 Å². The molecule has 0 aliphatic carbocycles. The van der Waals surface area contributed by atoms with E-state index in [1.807, 2.05) is 0 Å². The highest BCUT2D eigenvalue weighted by atomic mass is 16.6. The molecular formula is C18H31N2O7+. The first kappa shape index (κ1) is 22.9. The van der Waals surface area contributed by atoms with Crippen LogP contribution >= 0.6 is 0 Å². The summed E-state index contributed by atoms with van der Waals surface area (Å²) in [5, 5.41) is 2.45. The van der Waals surface area contributed by atoms with Gasteiger partial charge in [0.15, 0.2) is 0 Å². The Morgan fingerprint density at radius 1 is 1.00 bits per heavy atom. The van der Waals surface area contributed by atoms with Crippen molar-refractivity contribution in [2.75, 3.05) is 39.5 Å². The van der Waals surface area contributed by atoms with Crippen LogP contribution in [0.4, 0.5) is 0 Å². The van der Waals surface area contributed by atoms with Crippen molar-refractivity contribution in [1.29, 1.82) is 0 Å². The van der Waals surface area contributed by atoms with Crippen molar-refractivity contribution < 1.29 is 38.3 Å². The predicted molar refractivity (Wildman–Crippen MR) is 94.7 cm³/mol. The van der Waals surface area contributed by atoms with Crippen molar-refractivity contribution in [2.45, 2.75) is 46.1 Å². The average Bonchev–Trinajstić information content (AvgIpc) is 2.61. The number of hydrogen-bond donors (Lipinski definition) is 2. The van der Waals surface area contributed by atoms with E-state index in [2.05, 4.69) is 5.32 Å². The molecule has 154 valence electrons. The average molecular weight is 387 g/mol. The largest absolute Gasteiger partial charge is 0.466 e. The van der Waals surface area contributed by atoms with Gasteiger partial charge in [0.1, 0.15) is 12.5 Å². The highest BCUT2D eigenvalue weighted by Gasteiger charge is 2.54. The van der Waals surface area contributed by atoms with Gasteiger partial charge in [-0.25, -0.2) is 9.59 Å². The summed E-state index contributed by atoms with van der Waals surface area (Å²) in [4.78, 5) is 50.0. The van der Waals surface area contributed by atoms with E-state index < -0.39 is 23.4 Å². The Labute approximate surface area is 159 Å². The van der Waals surface area contributed by atoms with Crippen molar-refractivity contribution in [3.63, 3.8) is 0 Å². The topological polar surface area (TPSA) is 112 Å². The van der Waals surface area contributed by atoms with Gasteiger partial charge in [0.25, 0.3) is 5.54 Å². The summed E-state index contributed by atoms with van der Waals surface area (Å²) in [6.07, 6.45) is 1.43. The molecule has 1 aliphatic heterocycles. The number of piperidine rings is 1. The van der Waals surface area contributed by atoms with Crippen LogP contribution in [-0.2, 0) is 33.4 Å². The van der Waals surface area contributed by atoms with Gasteiger partial charge in [0.05, 0.1) is 32.9 Å². The lowest BCUT2D eigenvalue weighted by Crippen LogP contribution is -3.16. The molecule has 0 saturated carbocycles. The second-order valence-corrected chi connectivity index (χ2v) is 6.50. The number of rotatable bonds is 9. The summed E-state index contributed by atoms with van der Waals surface area (Å²) < 4.78 is 15.2. The Bertz CT molecular complexity index is 532. The standard InChI is InChI=1S/C18H30N2O7/c1-5-25-15(22)14-9-8-10-20(11-14)12-18(19-13(4)21,16(23)26-6-2)17(24)27-7-3/h14H,5-12H2,1-4H3,(H,19,21)/p+1/t14-/m1/s1. The van der Waals surface area contributed by atoms with E-state index in [9.17, 15) is 19.2 Å². The Balaban J connectivity index is 3.09. The number of carbonyl (C=O) groups is 4. The highest BCUT2D eigenvalue weighted by Crippen LogP contribution is 2.13. The van der Waals surface area contributed by atoms with Gasteiger partial charge in [-0.2, -0.15) is 0 Å². The van der Waals surface area contributed by atoms with Crippen molar-refractivity contribution in [2.24, 2.45) is 5.92 Å². The fraction of sp³-hybridized carbons (Fsp3) is 0.778. The summed E-state index contributed by atoms with van der Waals surface area (Å²) in [6, 6.07) is 0. The third-order valence-corrected chi connectivity index (χ3v) is 4.39. The van der Waals surface area contributed by atoms with Gasteiger partial charge in [-0.1, -0.05) is 0 Å². The summed E-state index contributed by atoms with van der Waals surface area (Å²) in [6.45, 7) is 7.61. The quantitative estimate of drug-likeness (QED) is 0.292. The SMILES string of the molecule is CCOC(=O)[C@@H]1CCC[NH+](CC(NC(C)=O)(C(=O)OCC)C(=O)OCC)C1. The molecule has 1 amide bonds. The fourth-order valence-electron chi connectivity index (χ4n) is 3.33. The van der Waals surface area contributed by atoms with E-state index in [4.69, 9.17) is 14.2 Å². The molecule has 2 N–H and O–H groups in total. The van der Waals surface area contributed by atoms with Gasteiger partial charge in [-0.05, 0) is 33.6 Å². The third-order valence-electron chi connectivity index (χ3n) is 4.39. The van der Waals surface area contributed by atoms with Crippen LogP contribution in [0.1, 0.15) is 40.5 Å². The van der Waals surface area contributed by atoms with E-state index >= 15 is 0 Å². The maximum Gasteiger partial charge on any atom is 0.349 e. The van der Waals surface area contributed by atoms with Gasteiger partial charge >= 0.3 is 17.9 Å². The molecule has 1 rings (SSSR count). The van der Waals surface area contributed by atoms with E-state index in [1.165, 1.54) is 6.92 Å². The van der Waals surface area contributed by atoms with Gasteiger partial charge in [-0.15, -0.1) is 0 Å². The zero-order valence-electron chi connectivity index (χ0n) is 16.6. The number of ether oxygens (including phenoxy) is 3. The first-order valence-electron chi connectivity index (χ1n) is 9.44. The maximum atomic E-state index is 12.7. The van der Waals surface area contributed by atoms with E-state index in [1.54, 1.807) is 20.8 Å². The summed E-state index contributed by atoms with van der Waals surface area (Å²) in [7, 11) is 0. The molecule has 9 heteroatoms. The summed E-state index contributed by atoms with van der Waals surface area (Å²) in [5.41, 5.74) is -1.94. The molecular weight excluding hydrogens is 356 g/mol. The van der Waals surface area contributed by atoms with E-state index in [0.29, 0.717) is 26.1 Å². The Kier molecular flexibility index (Phi) is 9.20. The van der Waals surface area contributed by atoms with Crippen molar-refractivity contribution in [1.82, 2.24) is 5.32 Å². The molecule has 1 aliphatic rings. The number of hydrogen-bond acceptors (Lipinski definition) is 7. The predicted octanol–water partition coefficient (Wildman–Crippen LogP) is -1.15. The number of carbonyl (C=O) groups excluding carboxylic acids is 4. The molecule has 0 aromatic rings. The Morgan fingerprint density at radius 2 is 1.56 bits per heavy atom. The summed E-state index contributed by atoms with van der Waals surface area (Å²) >= 11 is 0. The minimum absolute atomic E-state index is 0.0554. The van der Waals surface area contributed by atoms with Gasteiger partial charge < -0.3 is 24.4 Å². The maximum absolute atomic E-state index is 12.7. The zero-order valence-corrected chi connectivity index (χ0v) is 16.6. The normalized spacial score (nSPS) is 19.7. The lowest BCUT2D eigenvalue weighted by Gasteiger charge is -2.35. The zero-order chi connectivity index (χ0) is 20.4. The third kappa shape index (κ3) is 6.20. The van der Waals surface area contributed by atoms with Gasteiger partial charge in [0.2, 0.25) is 5.91 Å². The lowest BCUT2D eigenvalue weighted by atomic mass is 9.93. The van der Waals surface area contributed by atoms with Crippen LogP contribution in [0.25, 0.3) is 0 Å². The minimum atomic E-state index is -1.94. The number of nitrogens with one attached hydrogen (secondary N) is 2. The van der Waals surface area contributed by atoms with Crippen LogP contribution in [0.5, 0.6) is 0 Å². The number of esters is 3. The van der Waals surface area contributed by atoms with Gasteiger partial charge in [0, 0.05) is 6.92 Å². The Hall–Kier alpha value is -2.16. The second-order valence-electron chi connectivity index (χ2n) is 6.50. The smallest absolute Gasteiger partial charge is 0.349 e. The van der Waals surface area contributed by atoms with E-state index in [-0.39, 0.29) is 31.6 Å². The number of amides is 1. The van der Waals surface area contributed by atoms with Crippen LogP contribution in [-0.4, -0.2) is 68.8 Å². The molecule has 0 aromatic heterocycles. The number of quaternary nitrogens is 1. The molecule has 9 nitrogen and oxygen atoms in total. The molecule has 0 aromatic carbocycles. The minimum Gasteiger partial charge on any atom is -0.466 e. The molecule has 0 radical (unpaired) electrons. The number of likely N-dealkylation sites (tertiary alicyclic amines) is 1. The lowest BCUT2D eigenvalue weighted by molar-refractivity contribution is -0.909. The monoisotopic (exact) mass is 387 g/mol. The first-order valence-corrected chi connectivity index (χ1v) is 9.44. The van der Waals surface area contributed by atoms with Crippen LogP contribution in [0, 0.1) is 5.92 Å². The van der Waals surface area contributed by atoms with Crippen LogP contribution < -0.4 is 10.2 Å². The van der Waals surface area contributed by atoms with Crippen LogP contribution in [0.15, 0.2) is 0 Å². The Morgan fingerprint density at radius 3 is 2.04 bits per heavy atom. The fourth-order valence-corrected chi connectivity index (χ4v) is 3.33. The van der Waals surface area contributed by atoms with Gasteiger partial charge in [-0.3, -0.25) is 9.59 Å². The first-order chi connectivity index (χ1) is 12.8. The van der Waals surface area contributed by atoms with Crippen molar-refractivity contribution in [3.8, 4) is 0 Å². The molecule has 1 saturated heterocycles. The second kappa shape index (κ2) is 10.9.